The first-order valence-electron chi connectivity index (χ1n) is 9.10. The number of guanidine groups is 1. The van der Waals surface area contributed by atoms with Crippen molar-refractivity contribution in [1.82, 2.24) is 15.6 Å². The van der Waals surface area contributed by atoms with Crippen LogP contribution in [0.1, 0.15) is 56.5 Å². The summed E-state index contributed by atoms with van der Waals surface area (Å²) in [6.07, 6.45) is 0.153. The van der Waals surface area contributed by atoms with Crippen molar-refractivity contribution in [3.63, 3.8) is 0 Å². The van der Waals surface area contributed by atoms with Crippen LogP contribution in [0.3, 0.4) is 0 Å². The highest BCUT2D eigenvalue weighted by Gasteiger charge is 2.17. The van der Waals surface area contributed by atoms with Crippen LogP contribution in [-0.2, 0) is 12.0 Å². The molecule has 1 unspecified atom stereocenters. The number of aliphatic imine (C=N–C) groups is 1. The fraction of sp³-hybridized carbons (Fsp3) is 0.500. The van der Waals surface area contributed by atoms with Gasteiger partial charge in [0.05, 0.1) is 18.3 Å². The minimum Gasteiger partial charge on any atom is -0.388 e. The Hall–Kier alpha value is -1.92. The molecule has 0 spiro atoms. The molecule has 1 aromatic heterocycles. The fourth-order valence-electron chi connectivity index (χ4n) is 2.39. The Morgan fingerprint density at radius 2 is 1.96 bits per heavy atom. The summed E-state index contributed by atoms with van der Waals surface area (Å²) in [5, 5.41) is 19.9. The quantitative estimate of drug-likeness (QED) is 0.511. The lowest BCUT2D eigenvalue weighted by molar-refractivity contribution is 0.168. The number of aromatic nitrogens is 1. The normalized spacial score (nSPS) is 13.5. The molecule has 0 amide bonds. The lowest BCUT2D eigenvalue weighted by Gasteiger charge is -2.14. The zero-order chi connectivity index (χ0) is 19.0. The van der Waals surface area contributed by atoms with Crippen LogP contribution in [0.4, 0.5) is 0 Å². The highest BCUT2D eigenvalue weighted by molar-refractivity contribution is 7.09. The molecule has 6 heteroatoms. The second-order valence-corrected chi connectivity index (χ2v) is 8.16. The molecule has 5 nitrogen and oxygen atoms in total. The third-order valence-corrected chi connectivity index (χ3v) is 4.76. The van der Waals surface area contributed by atoms with Gasteiger partial charge in [-0.25, -0.2) is 9.98 Å². The van der Waals surface area contributed by atoms with Crippen LogP contribution >= 0.6 is 11.3 Å². The molecule has 2 rings (SSSR count). The first-order chi connectivity index (χ1) is 12.4. The van der Waals surface area contributed by atoms with Gasteiger partial charge in [-0.2, -0.15) is 0 Å². The van der Waals surface area contributed by atoms with Gasteiger partial charge in [0.1, 0.15) is 5.01 Å². The van der Waals surface area contributed by atoms with Gasteiger partial charge in [-0.3, -0.25) is 0 Å². The maximum atomic E-state index is 10.2. The zero-order valence-corrected chi connectivity index (χ0v) is 16.9. The van der Waals surface area contributed by atoms with Crippen molar-refractivity contribution in [3.05, 3.63) is 52.0 Å². The monoisotopic (exact) mass is 374 g/mol. The number of aliphatic hydroxyl groups is 1. The standard InChI is InChI=1S/C20H30N4OS/c1-5-21-19(22-12-11-16(25)15-9-7-6-8-10-15)23-13-18-24-17(14-26-18)20(2,3)4/h6-10,14,16,25H,5,11-13H2,1-4H3,(H2,21,22,23). The number of thiazole rings is 1. The molecule has 0 aliphatic rings. The first-order valence-corrected chi connectivity index (χ1v) is 9.98. The van der Waals surface area contributed by atoms with E-state index in [1.807, 2.05) is 37.3 Å². The third kappa shape index (κ3) is 6.42. The van der Waals surface area contributed by atoms with E-state index in [4.69, 9.17) is 0 Å². The summed E-state index contributed by atoms with van der Waals surface area (Å²) in [6.45, 7) is 10.5. The van der Waals surface area contributed by atoms with Gasteiger partial charge in [-0.1, -0.05) is 51.1 Å². The summed E-state index contributed by atoms with van der Waals surface area (Å²) in [4.78, 5) is 9.29. The van der Waals surface area contributed by atoms with Crippen molar-refractivity contribution in [1.29, 1.82) is 0 Å². The third-order valence-electron chi connectivity index (χ3n) is 3.93. The summed E-state index contributed by atoms with van der Waals surface area (Å²) in [5.74, 6) is 0.750. The van der Waals surface area contributed by atoms with Gasteiger partial charge in [0.25, 0.3) is 0 Å². The van der Waals surface area contributed by atoms with E-state index in [2.05, 4.69) is 46.8 Å². The molecule has 1 aromatic carbocycles. The highest BCUT2D eigenvalue weighted by atomic mass is 32.1. The largest absolute Gasteiger partial charge is 0.388 e. The fourth-order valence-corrected chi connectivity index (χ4v) is 3.33. The predicted octanol–water partition coefficient (Wildman–Crippen LogP) is 3.62. The summed E-state index contributed by atoms with van der Waals surface area (Å²) in [6, 6.07) is 9.72. The van der Waals surface area contributed by atoms with Crippen molar-refractivity contribution in [2.24, 2.45) is 4.99 Å². The van der Waals surface area contributed by atoms with E-state index in [1.165, 1.54) is 0 Å². The molecule has 142 valence electrons. The van der Waals surface area contributed by atoms with Gasteiger partial charge in [-0.15, -0.1) is 11.3 Å². The number of benzene rings is 1. The van der Waals surface area contributed by atoms with Gasteiger partial charge in [0, 0.05) is 23.9 Å². The Morgan fingerprint density at radius 3 is 2.58 bits per heavy atom. The smallest absolute Gasteiger partial charge is 0.191 e. The Bertz CT molecular complexity index is 691. The Labute approximate surface area is 160 Å². The number of rotatable bonds is 7. The Kier molecular flexibility index (Phi) is 7.60. The van der Waals surface area contributed by atoms with Crippen LogP contribution < -0.4 is 10.6 Å². The molecular weight excluding hydrogens is 344 g/mol. The van der Waals surface area contributed by atoms with Crippen molar-refractivity contribution >= 4 is 17.3 Å². The average Bonchev–Trinajstić information content (AvgIpc) is 3.10. The van der Waals surface area contributed by atoms with Gasteiger partial charge in [0.2, 0.25) is 0 Å². The Morgan fingerprint density at radius 1 is 1.23 bits per heavy atom. The summed E-state index contributed by atoms with van der Waals surface area (Å²) in [7, 11) is 0. The summed E-state index contributed by atoms with van der Waals surface area (Å²) >= 11 is 1.65. The van der Waals surface area contributed by atoms with E-state index in [0.717, 1.165) is 28.8 Å². The van der Waals surface area contributed by atoms with Crippen LogP contribution in [0, 0.1) is 0 Å². The zero-order valence-electron chi connectivity index (χ0n) is 16.1. The SMILES string of the molecule is CCNC(=NCc1nc(C(C)(C)C)cs1)NCCC(O)c1ccccc1. The lowest BCUT2D eigenvalue weighted by Crippen LogP contribution is -2.38. The lowest BCUT2D eigenvalue weighted by atomic mass is 9.93. The molecule has 0 radical (unpaired) electrons. The second-order valence-electron chi connectivity index (χ2n) is 7.21. The van der Waals surface area contributed by atoms with E-state index in [-0.39, 0.29) is 5.41 Å². The maximum absolute atomic E-state index is 10.2. The van der Waals surface area contributed by atoms with E-state index >= 15 is 0 Å². The minimum atomic E-state index is -0.472. The molecule has 3 N–H and O–H groups in total. The van der Waals surface area contributed by atoms with Crippen molar-refractivity contribution < 1.29 is 5.11 Å². The molecular formula is C20H30N4OS. The Balaban J connectivity index is 1.87. The van der Waals surface area contributed by atoms with E-state index in [9.17, 15) is 5.11 Å². The van der Waals surface area contributed by atoms with Crippen LogP contribution in [0.2, 0.25) is 0 Å². The molecule has 1 heterocycles. The van der Waals surface area contributed by atoms with Gasteiger partial charge >= 0.3 is 0 Å². The molecule has 0 fully saturated rings. The number of aliphatic hydroxyl groups excluding tert-OH is 1. The molecule has 26 heavy (non-hydrogen) atoms. The average molecular weight is 375 g/mol. The van der Waals surface area contributed by atoms with Gasteiger partial charge in [-0.05, 0) is 18.9 Å². The number of hydrogen-bond acceptors (Lipinski definition) is 4. The minimum absolute atomic E-state index is 0.0643. The van der Waals surface area contributed by atoms with Crippen LogP contribution in [0.5, 0.6) is 0 Å². The van der Waals surface area contributed by atoms with Gasteiger partial charge < -0.3 is 15.7 Å². The summed E-state index contributed by atoms with van der Waals surface area (Å²) < 4.78 is 0. The molecule has 0 aliphatic carbocycles. The maximum Gasteiger partial charge on any atom is 0.191 e. The molecule has 0 bridgehead atoms. The molecule has 0 saturated carbocycles. The number of hydrogen-bond donors (Lipinski definition) is 3. The van der Waals surface area contributed by atoms with Crippen molar-refractivity contribution in [3.8, 4) is 0 Å². The second kappa shape index (κ2) is 9.69. The van der Waals surface area contributed by atoms with Crippen LogP contribution in [0.25, 0.3) is 0 Å². The van der Waals surface area contributed by atoms with Gasteiger partial charge in [0.15, 0.2) is 5.96 Å². The predicted molar refractivity (Wildman–Crippen MR) is 110 cm³/mol. The first kappa shape index (κ1) is 20.4. The molecule has 2 aromatic rings. The van der Waals surface area contributed by atoms with Crippen molar-refractivity contribution in [2.75, 3.05) is 13.1 Å². The van der Waals surface area contributed by atoms with E-state index < -0.39 is 6.10 Å². The van der Waals surface area contributed by atoms with Crippen LogP contribution in [0.15, 0.2) is 40.7 Å². The molecule has 1 atom stereocenters. The number of nitrogens with zero attached hydrogens (tertiary/aromatic N) is 2. The topological polar surface area (TPSA) is 69.5 Å². The van der Waals surface area contributed by atoms with Crippen LogP contribution in [-0.4, -0.2) is 29.1 Å². The molecule has 0 saturated heterocycles. The summed E-state index contributed by atoms with van der Waals surface area (Å²) in [5.41, 5.74) is 2.11. The van der Waals surface area contributed by atoms with E-state index in [0.29, 0.717) is 19.5 Å². The molecule has 0 aliphatic heterocycles. The highest BCUT2D eigenvalue weighted by Crippen LogP contribution is 2.24. The van der Waals surface area contributed by atoms with E-state index in [1.54, 1.807) is 11.3 Å². The number of nitrogens with one attached hydrogen (secondary N) is 2. The van der Waals surface area contributed by atoms with Crippen molar-refractivity contribution in [2.45, 2.75) is 52.2 Å².